The van der Waals surface area contributed by atoms with E-state index in [1.54, 1.807) is 36.4 Å². The molecule has 0 aliphatic heterocycles. The van der Waals surface area contributed by atoms with Crippen LogP contribution in [-0.2, 0) is 6.54 Å². The summed E-state index contributed by atoms with van der Waals surface area (Å²) in [5.74, 6) is 0.862. The van der Waals surface area contributed by atoms with E-state index in [0.29, 0.717) is 23.7 Å². The first-order valence-corrected chi connectivity index (χ1v) is 4.95. The van der Waals surface area contributed by atoms with Crippen LogP contribution in [0.25, 0.3) is 0 Å². The Balaban J connectivity index is 2.05. The van der Waals surface area contributed by atoms with Crippen LogP contribution < -0.4 is 11.1 Å². The summed E-state index contributed by atoms with van der Waals surface area (Å²) in [5.41, 5.74) is 6.14. The van der Waals surface area contributed by atoms with Crippen molar-refractivity contribution in [3.05, 3.63) is 53.8 Å². The minimum Gasteiger partial charge on any atom is -0.384 e. The molecule has 4 heteroatoms. The number of hydrogen-bond donors (Lipinski definition) is 2. The predicted octanol–water partition coefficient (Wildman–Crippen LogP) is 2.42. The lowest BCUT2D eigenvalue weighted by Crippen LogP contribution is -2.04. The summed E-state index contributed by atoms with van der Waals surface area (Å²) in [5, 5.41) is 3.01. The summed E-state index contributed by atoms with van der Waals surface area (Å²) in [4.78, 5) is 4.06. The zero-order chi connectivity index (χ0) is 11.4. The molecule has 0 atom stereocenters. The number of rotatable bonds is 3. The minimum absolute atomic E-state index is 0.223. The van der Waals surface area contributed by atoms with Crippen LogP contribution in [0.1, 0.15) is 5.56 Å². The molecule has 0 aliphatic carbocycles. The molecule has 0 saturated carbocycles. The predicted molar refractivity (Wildman–Crippen MR) is 62.4 cm³/mol. The maximum Gasteiger partial charge on any atom is 0.128 e. The van der Waals surface area contributed by atoms with Crippen molar-refractivity contribution in [3.63, 3.8) is 0 Å². The van der Waals surface area contributed by atoms with Gasteiger partial charge in [0.25, 0.3) is 0 Å². The molecule has 0 aliphatic rings. The van der Waals surface area contributed by atoms with Gasteiger partial charge in [0.15, 0.2) is 0 Å². The average Bonchev–Trinajstić information content (AvgIpc) is 2.28. The van der Waals surface area contributed by atoms with Gasteiger partial charge in [-0.25, -0.2) is 9.37 Å². The molecule has 0 amide bonds. The number of nitrogens with one attached hydrogen (secondary N) is 1. The molecule has 0 saturated heterocycles. The van der Waals surface area contributed by atoms with Crippen LogP contribution in [0.2, 0.25) is 0 Å². The minimum atomic E-state index is -0.223. The molecule has 1 aromatic heterocycles. The second-order valence-electron chi connectivity index (χ2n) is 3.39. The lowest BCUT2D eigenvalue weighted by atomic mass is 10.2. The molecule has 1 heterocycles. The van der Waals surface area contributed by atoms with Gasteiger partial charge in [-0.1, -0.05) is 24.3 Å². The molecule has 0 fully saturated rings. The Labute approximate surface area is 93.1 Å². The van der Waals surface area contributed by atoms with Gasteiger partial charge in [0.05, 0.1) is 0 Å². The zero-order valence-corrected chi connectivity index (χ0v) is 8.65. The van der Waals surface area contributed by atoms with Crippen LogP contribution in [0.3, 0.4) is 0 Å². The molecule has 2 rings (SSSR count). The number of hydrogen-bond acceptors (Lipinski definition) is 3. The highest BCUT2D eigenvalue weighted by Crippen LogP contribution is 2.10. The molecule has 0 bridgehead atoms. The summed E-state index contributed by atoms with van der Waals surface area (Å²) in [6.07, 6.45) is 0. The first kappa shape index (κ1) is 10.4. The van der Waals surface area contributed by atoms with Gasteiger partial charge in [-0.05, 0) is 18.2 Å². The van der Waals surface area contributed by atoms with Gasteiger partial charge in [0, 0.05) is 12.1 Å². The number of pyridine rings is 1. The molecule has 3 nitrogen and oxygen atoms in total. The van der Waals surface area contributed by atoms with Crippen LogP contribution in [-0.4, -0.2) is 4.98 Å². The van der Waals surface area contributed by atoms with Gasteiger partial charge in [-0.3, -0.25) is 0 Å². The van der Waals surface area contributed by atoms with E-state index < -0.39 is 0 Å². The molecule has 1 aromatic carbocycles. The van der Waals surface area contributed by atoms with Gasteiger partial charge in [-0.15, -0.1) is 0 Å². The normalized spacial score (nSPS) is 10.1. The number of aromatic nitrogens is 1. The third-order valence-corrected chi connectivity index (χ3v) is 2.19. The smallest absolute Gasteiger partial charge is 0.128 e. The number of benzene rings is 1. The third-order valence-electron chi connectivity index (χ3n) is 2.19. The van der Waals surface area contributed by atoms with Crippen LogP contribution in [0.4, 0.5) is 16.0 Å². The van der Waals surface area contributed by atoms with E-state index in [0.717, 1.165) is 0 Å². The summed E-state index contributed by atoms with van der Waals surface area (Å²) in [6, 6.07) is 11.9. The Bertz CT molecular complexity index is 485. The molecular formula is C12H12FN3. The van der Waals surface area contributed by atoms with Gasteiger partial charge in [-0.2, -0.15) is 0 Å². The van der Waals surface area contributed by atoms with Crippen molar-refractivity contribution in [2.24, 2.45) is 0 Å². The molecule has 82 valence electrons. The highest BCUT2D eigenvalue weighted by Gasteiger charge is 2.00. The summed E-state index contributed by atoms with van der Waals surface area (Å²) >= 11 is 0. The SMILES string of the molecule is Nc1cccc(NCc2ccccc2F)n1. The van der Waals surface area contributed by atoms with Crippen LogP contribution in [0, 0.1) is 5.82 Å². The molecule has 0 radical (unpaired) electrons. The number of nitrogens with zero attached hydrogens (tertiary/aromatic N) is 1. The second kappa shape index (κ2) is 4.61. The highest BCUT2D eigenvalue weighted by molar-refractivity contribution is 5.42. The number of anilines is 2. The number of nitrogens with two attached hydrogens (primary N) is 1. The van der Waals surface area contributed by atoms with Gasteiger partial charge in [0.1, 0.15) is 17.5 Å². The van der Waals surface area contributed by atoms with Crippen molar-refractivity contribution in [3.8, 4) is 0 Å². The van der Waals surface area contributed by atoms with E-state index in [9.17, 15) is 4.39 Å². The fraction of sp³-hybridized carbons (Fsp3) is 0.0833. The quantitative estimate of drug-likeness (QED) is 0.830. The molecule has 3 N–H and O–H groups in total. The Hall–Kier alpha value is -2.10. The molecule has 16 heavy (non-hydrogen) atoms. The van der Waals surface area contributed by atoms with Crippen LogP contribution in [0.5, 0.6) is 0 Å². The van der Waals surface area contributed by atoms with Crippen LogP contribution in [0.15, 0.2) is 42.5 Å². The Morgan fingerprint density at radius 1 is 1.12 bits per heavy atom. The van der Waals surface area contributed by atoms with Crippen molar-refractivity contribution >= 4 is 11.6 Å². The van der Waals surface area contributed by atoms with Crippen molar-refractivity contribution in [2.75, 3.05) is 11.1 Å². The summed E-state index contributed by atoms with van der Waals surface area (Å²) < 4.78 is 13.3. The van der Waals surface area contributed by atoms with Crippen LogP contribution >= 0.6 is 0 Å². The Morgan fingerprint density at radius 2 is 1.94 bits per heavy atom. The maximum absolute atomic E-state index is 13.3. The van der Waals surface area contributed by atoms with Crippen molar-refractivity contribution < 1.29 is 4.39 Å². The number of nitrogen functional groups attached to an aromatic ring is 1. The lowest BCUT2D eigenvalue weighted by molar-refractivity contribution is 0.613. The summed E-state index contributed by atoms with van der Waals surface area (Å²) in [6.45, 7) is 0.392. The van der Waals surface area contributed by atoms with E-state index in [-0.39, 0.29) is 5.82 Å². The third kappa shape index (κ3) is 2.48. The maximum atomic E-state index is 13.3. The molecule has 0 unspecified atom stereocenters. The largest absolute Gasteiger partial charge is 0.384 e. The first-order chi connectivity index (χ1) is 7.75. The van der Waals surface area contributed by atoms with Crippen molar-refractivity contribution in [1.29, 1.82) is 0 Å². The van der Waals surface area contributed by atoms with Gasteiger partial charge in [0.2, 0.25) is 0 Å². The van der Waals surface area contributed by atoms with E-state index >= 15 is 0 Å². The first-order valence-electron chi connectivity index (χ1n) is 4.95. The second-order valence-corrected chi connectivity index (χ2v) is 3.39. The van der Waals surface area contributed by atoms with E-state index in [4.69, 9.17) is 5.73 Å². The van der Waals surface area contributed by atoms with Crippen molar-refractivity contribution in [1.82, 2.24) is 4.98 Å². The fourth-order valence-electron chi connectivity index (χ4n) is 1.38. The number of halogens is 1. The molecule has 2 aromatic rings. The van der Waals surface area contributed by atoms with E-state index in [1.807, 2.05) is 0 Å². The average molecular weight is 217 g/mol. The Morgan fingerprint density at radius 3 is 2.69 bits per heavy atom. The summed E-state index contributed by atoms with van der Waals surface area (Å²) in [7, 11) is 0. The standard InChI is InChI=1S/C12H12FN3/c13-10-5-2-1-4-9(10)8-15-12-7-3-6-11(14)16-12/h1-7H,8H2,(H3,14,15,16). The highest BCUT2D eigenvalue weighted by atomic mass is 19.1. The van der Waals surface area contributed by atoms with Crippen molar-refractivity contribution in [2.45, 2.75) is 6.54 Å². The topological polar surface area (TPSA) is 50.9 Å². The lowest BCUT2D eigenvalue weighted by Gasteiger charge is -2.06. The van der Waals surface area contributed by atoms with E-state index in [1.165, 1.54) is 6.07 Å². The molecule has 0 spiro atoms. The van der Waals surface area contributed by atoms with Gasteiger partial charge < -0.3 is 11.1 Å². The Kier molecular flexibility index (Phi) is 3.00. The van der Waals surface area contributed by atoms with E-state index in [2.05, 4.69) is 10.3 Å². The molecular weight excluding hydrogens is 205 g/mol. The monoisotopic (exact) mass is 217 g/mol. The fourth-order valence-corrected chi connectivity index (χ4v) is 1.38. The zero-order valence-electron chi connectivity index (χ0n) is 8.65. The van der Waals surface area contributed by atoms with Gasteiger partial charge >= 0.3 is 0 Å².